The van der Waals surface area contributed by atoms with Gasteiger partial charge in [-0.2, -0.15) is 0 Å². The van der Waals surface area contributed by atoms with Crippen LogP contribution in [0, 0.1) is 13.8 Å². The zero-order valence-corrected chi connectivity index (χ0v) is 15.4. The lowest BCUT2D eigenvalue weighted by atomic mass is 9.98. The van der Waals surface area contributed by atoms with Crippen LogP contribution in [0.15, 0.2) is 34.8 Å². The Bertz CT molecular complexity index is 641. The molecule has 0 aliphatic heterocycles. The molecule has 0 N–H and O–H groups in total. The average molecular weight is 419 g/mol. The molecule has 1 atom stereocenters. The second-order valence-electron chi connectivity index (χ2n) is 4.71. The van der Waals surface area contributed by atoms with E-state index in [1.807, 2.05) is 18.2 Å². The Morgan fingerprint density at radius 3 is 2.40 bits per heavy atom. The van der Waals surface area contributed by atoms with Gasteiger partial charge in [0.25, 0.3) is 0 Å². The molecule has 106 valence electrons. The van der Waals surface area contributed by atoms with Crippen LogP contribution in [0.2, 0.25) is 5.02 Å². The Hall–Kier alpha value is -0.510. The zero-order valence-electron chi connectivity index (χ0n) is 11.5. The van der Waals surface area contributed by atoms with Crippen molar-refractivity contribution in [3.63, 3.8) is 0 Å². The highest BCUT2D eigenvalue weighted by Gasteiger charge is 2.18. The molecule has 0 amide bonds. The second kappa shape index (κ2) is 6.50. The minimum Gasteiger partial charge on any atom is -0.496 e. The fraction of sp³-hybridized carbons (Fsp3) is 0.250. The lowest BCUT2D eigenvalue weighted by molar-refractivity contribution is 0.410. The van der Waals surface area contributed by atoms with E-state index in [0.717, 1.165) is 15.8 Å². The maximum atomic E-state index is 6.12. The Labute approximate surface area is 141 Å². The van der Waals surface area contributed by atoms with E-state index in [1.165, 1.54) is 16.7 Å². The number of aryl methyl sites for hydroxylation is 2. The molecular weight excluding hydrogens is 403 g/mol. The van der Waals surface area contributed by atoms with Crippen molar-refractivity contribution in [1.29, 1.82) is 0 Å². The summed E-state index contributed by atoms with van der Waals surface area (Å²) in [6.07, 6.45) is 0. The summed E-state index contributed by atoms with van der Waals surface area (Å²) in [5.41, 5.74) is 4.67. The summed E-state index contributed by atoms with van der Waals surface area (Å²) in [7, 11) is 1.67. The van der Waals surface area contributed by atoms with Crippen LogP contribution < -0.4 is 4.74 Å². The van der Waals surface area contributed by atoms with Crippen molar-refractivity contribution in [2.45, 2.75) is 18.7 Å². The molecule has 0 aliphatic carbocycles. The quantitative estimate of drug-likeness (QED) is 0.538. The molecule has 0 bridgehead atoms. The van der Waals surface area contributed by atoms with E-state index in [-0.39, 0.29) is 4.83 Å². The first kappa shape index (κ1) is 15.9. The van der Waals surface area contributed by atoms with E-state index in [0.29, 0.717) is 5.02 Å². The van der Waals surface area contributed by atoms with Crippen LogP contribution in [-0.2, 0) is 0 Å². The van der Waals surface area contributed by atoms with Crippen molar-refractivity contribution in [3.05, 3.63) is 62.1 Å². The third-order valence-corrected chi connectivity index (χ3v) is 5.36. The SMILES string of the molecule is COc1ccc(Cl)cc1C(Br)c1cc(C)c(Br)cc1C. The summed E-state index contributed by atoms with van der Waals surface area (Å²) in [5.74, 6) is 0.830. The summed E-state index contributed by atoms with van der Waals surface area (Å²) < 4.78 is 6.56. The monoisotopic (exact) mass is 416 g/mol. The third-order valence-electron chi connectivity index (χ3n) is 3.29. The van der Waals surface area contributed by atoms with Gasteiger partial charge in [-0.15, -0.1) is 0 Å². The minimum absolute atomic E-state index is 0.0444. The summed E-state index contributed by atoms with van der Waals surface area (Å²) in [6, 6.07) is 9.99. The zero-order chi connectivity index (χ0) is 14.9. The van der Waals surface area contributed by atoms with Gasteiger partial charge in [-0.25, -0.2) is 0 Å². The smallest absolute Gasteiger partial charge is 0.123 e. The first-order valence-corrected chi connectivity index (χ1v) is 8.27. The largest absolute Gasteiger partial charge is 0.496 e. The van der Waals surface area contributed by atoms with E-state index in [2.05, 4.69) is 57.8 Å². The first-order valence-electron chi connectivity index (χ1n) is 6.18. The molecule has 0 saturated carbocycles. The molecule has 20 heavy (non-hydrogen) atoms. The number of rotatable bonds is 3. The number of alkyl halides is 1. The van der Waals surface area contributed by atoms with Crippen molar-refractivity contribution < 1.29 is 4.74 Å². The van der Waals surface area contributed by atoms with E-state index >= 15 is 0 Å². The Morgan fingerprint density at radius 2 is 1.75 bits per heavy atom. The van der Waals surface area contributed by atoms with Crippen LogP contribution in [-0.4, -0.2) is 7.11 Å². The molecule has 2 rings (SSSR count). The molecular formula is C16H15Br2ClO. The molecule has 1 nitrogen and oxygen atoms in total. The maximum Gasteiger partial charge on any atom is 0.123 e. The summed E-state index contributed by atoms with van der Waals surface area (Å²) in [5, 5.41) is 0.705. The highest BCUT2D eigenvalue weighted by Crippen LogP contribution is 2.40. The van der Waals surface area contributed by atoms with E-state index < -0.39 is 0 Å². The minimum atomic E-state index is 0.0444. The predicted molar refractivity (Wildman–Crippen MR) is 92.4 cm³/mol. The Balaban J connectivity index is 2.54. The standard InChI is InChI=1S/C16H15Br2ClO/c1-9-7-14(17)10(2)6-12(9)16(18)13-8-11(19)4-5-15(13)20-3/h4-8,16H,1-3H3. The molecule has 2 aromatic carbocycles. The van der Waals surface area contributed by atoms with E-state index in [1.54, 1.807) is 7.11 Å². The number of halogens is 3. The van der Waals surface area contributed by atoms with E-state index in [9.17, 15) is 0 Å². The molecule has 0 aliphatic rings. The van der Waals surface area contributed by atoms with Crippen LogP contribution in [0.1, 0.15) is 27.1 Å². The highest BCUT2D eigenvalue weighted by molar-refractivity contribution is 9.10. The van der Waals surface area contributed by atoms with Crippen molar-refractivity contribution in [1.82, 2.24) is 0 Å². The number of hydrogen-bond donors (Lipinski definition) is 0. The van der Waals surface area contributed by atoms with Crippen LogP contribution in [0.25, 0.3) is 0 Å². The molecule has 0 aromatic heterocycles. The molecule has 4 heteroatoms. The van der Waals surface area contributed by atoms with Crippen molar-refractivity contribution >= 4 is 43.5 Å². The van der Waals surface area contributed by atoms with E-state index in [4.69, 9.17) is 16.3 Å². The van der Waals surface area contributed by atoms with Gasteiger partial charge in [-0.05, 0) is 54.8 Å². The fourth-order valence-corrected chi connectivity index (χ4v) is 3.64. The van der Waals surface area contributed by atoms with Gasteiger partial charge in [0.15, 0.2) is 0 Å². The van der Waals surface area contributed by atoms with Gasteiger partial charge in [-0.1, -0.05) is 49.5 Å². The molecule has 0 radical (unpaired) electrons. The van der Waals surface area contributed by atoms with Crippen molar-refractivity contribution in [2.75, 3.05) is 7.11 Å². The molecule has 0 spiro atoms. The summed E-state index contributed by atoms with van der Waals surface area (Å²) >= 11 is 13.5. The highest BCUT2D eigenvalue weighted by atomic mass is 79.9. The van der Waals surface area contributed by atoms with Gasteiger partial charge in [0.2, 0.25) is 0 Å². The van der Waals surface area contributed by atoms with Gasteiger partial charge in [0.1, 0.15) is 5.75 Å². The second-order valence-corrected chi connectivity index (χ2v) is 6.91. The lowest BCUT2D eigenvalue weighted by Gasteiger charge is -2.18. The van der Waals surface area contributed by atoms with Gasteiger partial charge < -0.3 is 4.74 Å². The van der Waals surface area contributed by atoms with Crippen LogP contribution in [0.3, 0.4) is 0 Å². The third kappa shape index (κ3) is 3.21. The number of ether oxygens (including phenoxy) is 1. The molecule has 0 saturated heterocycles. The number of benzene rings is 2. The maximum absolute atomic E-state index is 6.12. The fourth-order valence-electron chi connectivity index (χ4n) is 2.15. The average Bonchev–Trinajstić information content (AvgIpc) is 2.42. The van der Waals surface area contributed by atoms with Gasteiger partial charge in [0, 0.05) is 15.1 Å². The molecule has 0 heterocycles. The van der Waals surface area contributed by atoms with Gasteiger partial charge in [0.05, 0.1) is 11.9 Å². The molecule has 1 unspecified atom stereocenters. The predicted octanol–water partition coefficient (Wildman–Crippen LogP) is 6.21. The summed E-state index contributed by atoms with van der Waals surface area (Å²) in [6.45, 7) is 4.19. The van der Waals surface area contributed by atoms with Crippen LogP contribution in [0.4, 0.5) is 0 Å². The topological polar surface area (TPSA) is 9.23 Å². The lowest BCUT2D eigenvalue weighted by Crippen LogP contribution is -2.00. The molecule has 2 aromatic rings. The number of methoxy groups -OCH3 is 1. The Kier molecular flexibility index (Phi) is 5.16. The van der Waals surface area contributed by atoms with Crippen LogP contribution in [0.5, 0.6) is 5.75 Å². The van der Waals surface area contributed by atoms with Gasteiger partial charge in [-0.3, -0.25) is 0 Å². The number of hydrogen-bond acceptors (Lipinski definition) is 1. The Morgan fingerprint density at radius 1 is 1.05 bits per heavy atom. The summed E-state index contributed by atoms with van der Waals surface area (Å²) in [4.78, 5) is 0.0444. The van der Waals surface area contributed by atoms with Gasteiger partial charge >= 0.3 is 0 Å². The first-order chi connectivity index (χ1) is 9.43. The van der Waals surface area contributed by atoms with Crippen molar-refractivity contribution in [3.8, 4) is 5.75 Å². The molecule has 0 fully saturated rings. The van der Waals surface area contributed by atoms with Crippen LogP contribution >= 0.6 is 43.5 Å². The van der Waals surface area contributed by atoms with Crippen molar-refractivity contribution in [2.24, 2.45) is 0 Å². The normalized spacial score (nSPS) is 12.3.